The lowest BCUT2D eigenvalue weighted by atomic mass is 10.1. The lowest BCUT2D eigenvalue weighted by molar-refractivity contribution is 0.848. The van der Waals surface area contributed by atoms with Gasteiger partial charge in [0.15, 0.2) is 0 Å². The molecule has 0 spiro atoms. The predicted molar refractivity (Wildman–Crippen MR) is 79.9 cm³/mol. The van der Waals surface area contributed by atoms with Gasteiger partial charge in [0, 0.05) is 0 Å². The Morgan fingerprint density at radius 3 is 2.06 bits per heavy atom. The molecule has 0 aliphatic carbocycles. The molecule has 0 fully saturated rings. The molecule has 0 aromatic heterocycles. The Hall–Kier alpha value is -0.340. The number of rotatable bonds is 11. The van der Waals surface area contributed by atoms with E-state index in [1.807, 2.05) is 0 Å². The number of unbranched alkanes of at least 4 members (excludes halogenated alkanes) is 2. The van der Waals surface area contributed by atoms with Gasteiger partial charge in [-0.1, -0.05) is 38.8 Å². The summed E-state index contributed by atoms with van der Waals surface area (Å²) in [4.78, 5) is 0. The Labute approximate surface area is 109 Å². The summed E-state index contributed by atoms with van der Waals surface area (Å²) in [5.74, 6) is 0. The molecule has 0 heterocycles. The highest BCUT2D eigenvalue weighted by Crippen LogP contribution is 2.39. The monoisotopic (exact) mass is 253 g/mol. The molecule has 2 heteroatoms. The van der Waals surface area contributed by atoms with Crippen LogP contribution in [0.2, 0.25) is 0 Å². The minimum atomic E-state index is 0.264. The van der Waals surface area contributed by atoms with Crippen LogP contribution in [0.3, 0.4) is 0 Å². The highest BCUT2D eigenvalue weighted by atomic mass is 31.1. The molecule has 0 aliphatic rings. The van der Waals surface area contributed by atoms with Crippen LogP contribution < -0.4 is 0 Å². The van der Waals surface area contributed by atoms with Crippen LogP contribution in [0, 0.1) is 11.3 Å². The van der Waals surface area contributed by atoms with E-state index in [1.54, 1.807) is 0 Å². The number of hydrogen-bond donors (Lipinski definition) is 0. The van der Waals surface area contributed by atoms with Crippen LogP contribution in [-0.4, -0.2) is 18.5 Å². The van der Waals surface area contributed by atoms with Crippen molar-refractivity contribution in [2.75, 3.05) is 18.5 Å². The van der Waals surface area contributed by atoms with Gasteiger partial charge in [-0.3, -0.25) is 0 Å². The number of allylic oxidation sites excluding steroid dienone is 1. The maximum atomic E-state index is 8.57. The van der Waals surface area contributed by atoms with Gasteiger partial charge in [0.2, 0.25) is 0 Å². The van der Waals surface area contributed by atoms with Gasteiger partial charge in [0.1, 0.15) is 0 Å². The minimum absolute atomic E-state index is 0.264. The first kappa shape index (κ1) is 16.7. The van der Waals surface area contributed by atoms with Gasteiger partial charge < -0.3 is 0 Å². The first-order chi connectivity index (χ1) is 8.24. The molecule has 0 saturated carbocycles. The first-order valence-corrected chi connectivity index (χ1v) is 8.90. The zero-order valence-corrected chi connectivity index (χ0v) is 12.6. The van der Waals surface area contributed by atoms with Crippen LogP contribution in [0.15, 0.2) is 12.2 Å². The van der Waals surface area contributed by atoms with Crippen molar-refractivity contribution in [1.82, 2.24) is 0 Å². The quantitative estimate of drug-likeness (QED) is 0.361. The molecular weight excluding hydrogens is 225 g/mol. The molecule has 98 valence electrons. The highest BCUT2D eigenvalue weighted by molar-refractivity contribution is 7.57. The van der Waals surface area contributed by atoms with Crippen molar-refractivity contribution in [2.45, 2.75) is 58.8 Å². The Kier molecular flexibility index (Phi) is 11.9. The van der Waals surface area contributed by atoms with Gasteiger partial charge in [0.05, 0.1) is 12.5 Å². The Balaban J connectivity index is 3.74. The van der Waals surface area contributed by atoms with Crippen molar-refractivity contribution in [3.63, 3.8) is 0 Å². The average Bonchev–Trinajstić information content (AvgIpc) is 2.32. The molecule has 0 radical (unpaired) electrons. The molecule has 0 aliphatic heterocycles. The Morgan fingerprint density at radius 2 is 1.59 bits per heavy atom. The molecule has 0 aromatic rings. The smallest absolute Gasteiger partial charge is 0.0666 e. The fourth-order valence-electron chi connectivity index (χ4n) is 1.85. The summed E-state index contributed by atoms with van der Waals surface area (Å²) < 4.78 is 0. The summed E-state index contributed by atoms with van der Waals surface area (Å²) in [5.41, 5.74) is 1.12. The van der Waals surface area contributed by atoms with Crippen molar-refractivity contribution < 1.29 is 0 Å². The van der Waals surface area contributed by atoms with Crippen LogP contribution in [0.4, 0.5) is 0 Å². The summed E-state index contributed by atoms with van der Waals surface area (Å²) in [7, 11) is 0.264. The second-order valence-electron chi connectivity index (χ2n) is 4.74. The fourth-order valence-corrected chi connectivity index (χ4v) is 4.65. The van der Waals surface area contributed by atoms with Gasteiger partial charge in [0.25, 0.3) is 0 Å². The SMILES string of the molecule is C=C(CC#N)CCCP(CCCC)CCCC. The number of nitriles is 1. The van der Waals surface area contributed by atoms with Crippen LogP contribution in [0.1, 0.15) is 58.8 Å². The molecule has 1 nitrogen and oxygen atoms in total. The van der Waals surface area contributed by atoms with Crippen LogP contribution in [0.5, 0.6) is 0 Å². The van der Waals surface area contributed by atoms with E-state index in [1.165, 1.54) is 50.6 Å². The largest absolute Gasteiger partial charge is 0.198 e. The van der Waals surface area contributed by atoms with E-state index in [4.69, 9.17) is 5.26 Å². The lowest BCUT2D eigenvalue weighted by Gasteiger charge is -2.17. The molecule has 0 N–H and O–H groups in total. The zero-order valence-electron chi connectivity index (χ0n) is 11.7. The van der Waals surface area contributed by atoms with E-state index in [9.17, 15) is 0 Å². The molecule has 0 rings (SSSR count). The summed E-state index contributed by atoms with van der Waals surface area (Å²) in [6.07, 6.45) is 12.6. The Morgan fingerprint density at radius 1 is 1.06 bits per heavy atom. The normalized spacial score (nSPS) is 10.5. The van der Waals surface area contributed by atoms with Crippen molar-refractivity contribution in [2.24, 2.45) is 0 Å². The molecule has 0 bridgehead atoms. The molecule has 0 atom stereocenters. The molecule has 17 heavy (non-hydrogen) atoms. The second kappa shape index (κ2) is 12.1. The zero-order chi connectivity index (χ0) is 12.9. The van der Waals surface area contributed by atoms with Crippen LogP contribution >= 0.6 is 7.92 Å². The standard InChI is InChI=1S/C15H28NP/c1-4-6-12-17(13-7-5-2)14-8-9-15(3)10-11-16/h3-10,12-14H2,1-2H3. The van der Waals surface area contributed by atoms with E-state index >= 15 is 0 Å². The maximum absolute atomic E-state index is 8.57. The third-order valence-electron chi connectivity index (χ3n) is 2.99. The first-order valence-electron chi connectivity index (χ1n) is 7.00. The number of hydrogen-bond acceptors (Lipinski definition) is 1. The van der Waals surface area contributed by atoms with Crippen LogP contribution in [0.25, 0.3) is 0 Å². The summed E-state index contributed by atoms with van der Waals surface area (Å²) >= 11 is 0. The van der Waals surface area contributed by atoms with Crippen molar-refractivity contribution >= 4 is 7.92 Å². The third-order valence-corrected chi connectivity index (χ3v) is 5.84. The van der Waals surface area contributed by atoms with Gasteiger partial charge in [-0.25, -0.2) is 0 Å². The summed E-state index contributed by atoms with van der Waals surface area (Å²) in [5, 5.41) is 8.57. The summed E-state index contributed by atoms with van der Waals surface area (Å²) in [6.45, 7) is 8.51. The van der Waals surface area contributed by atoms with E-state index < -0.39 is 0 Å². The van der Waals surface area contributed by atoms with E-state index in [0.29, 0.717) is 6.42 Å². The maximum Gasteiger partial charge on any atom is 0.0666 e. The predicted octanol–water partition coefficient (Wildman–Crippen LogP) is 5.32. The van der Waals surface area contributed by atoms with Crippen molar-refractivity contribution in [1.29, 1.82) is 5.26 Å². The Bertz CT molecular complexity index is 222. The van der Waals surface area contributed by atoms with E-state index in [2.05, 4.69) is 26.5 Å². The highest BCUT2D eigenvalue weighted by Gasteiger charge is 2.07. The average molecular weight is 253 g/mol. The van der Waals surface area contributed by atoms with Gasteiger partial charge in [-0.15, -0.1) is 7.92 Å². The van der Waals surface area contributed by atoms with Crippen molar-refractivity contribution in [3.8, 4) is 6.07 Å². The molecular formula is C15H28NP. The van der Waals surface area contributed by atoms with Crippen LogP contribution in [-0.2, 0) is 0 Å². The molecule has 0 unspecified atom stereocenters. The lowest BCUT2D eigenvalue weighted by Crippen LogP contribution is -1.96. The van der Waals surface area contributed by atoms with E-state index in [0.717, 1.165) is 12.0 Å². The minimum Gasteiger partial charge on any atom is -0.198 e. The third kappa shape index (κ3) is 10.5. The van der Waals surface area contributed by atoms with Crippen molar-refractivity contribution in [3.05, 3.63) is 12.2 Å². The van der Waals surface area contributed by atoms with E-state index in [-0.39, 0.29) is 7.92 Å². The fraction of sp³-hybridized carbons (Fsp3) is 0.800. The molecule has 0 saturated heterocycles. The van der Waals surface area contributed by atoms with Gasteiger partial charge in [-0.05, 0) is 44.2 Å². The second-order valence-corrected chi connectivity index (χ2v) is 7.42. The van der Waals surface area contributed by atoms with Gasteiger partial charge in [-0.2, -0.15) is 5.26 Å². The molecule has 0 aromatic carbocycles. The summed E-state index contributed by atoms with van der Waals surface area (Å²) in [6, 6.07) is 2.18. The molecule has 0 amide bonds. The topological polar surface area (TPSA) is 23.8 Å². The van der Waals surface area contributed by atoms with Gasteiger partial charge >= 0.3 is 0 Å². The number of nitrogens with zero attached hydrogens (tertiary/aromatic N) is 1.